The van der Waals surface area contributed by atoms with E-state index in [0.717, 1.165) is 23.4 Å². The van der Waals surface area contributed by atoms with Crippen molar-refractivity contribution in [1.29, 1.82) is 0 Å². The van der Waals surface area contributed by atoms with Crippen LogP contribution in [0.2, 0.25) is 0 Å². The molecule has 2 aromatic rings. The Morgan fingerprint density at radius 3 is 2.87 bits per heavy atom. The smallest absolute Gasteiger partial charge is 0.251 e. The highest BCUT2D eigenvalue weighted by Gasteiger charge is 2.10. The molecule has 6 nitrogen and oxygen atoms in total. The molecule has 124 valence electrons. The van der Waals surface area contributed by atoms with Gasteiger partial charge >= 0.3 is 0 Å². The molecule has 0 aliphatic carbocycles. The molecule has 1 heterocycles. The average Bonchev–Trinajstić information content (AvgIpc) is 2.88. The van der Waals surface area contributed by atoms with E-state index in [1.807, 2.05) is 19.9 Å². The highest BCUT2D eigenvalue weighted by Crippen LogP contribution is 2.18. The summed E-state index contributed by atoms with van der Waals surface area (Å²) in [6, 6.07) is 7.10. The quantitative estimate of drug-likeness (QED) is 0.757. The van der Waals surface area contributed by atoms with E-state index >= 15 is 0 Å². The number of ether oxygens (including phenoxy) is 2. The summed E-state index contributed by atoms with van der Waals surface area (Å²) in [6.45, 7) is 5.29. The molecule has 0 saturated carbocycles. The fourth-order valence-electron chi connectivity index (χ4n) is 2.11. The summed E-state index contributed by atoms with van der Waals surface area (Å²) in [6.07, 6.45) is 0.782. The van der Waals surface area contributed by atoms with Crippen molar-refractivity contribution in [2.75, 3.05) is 20.3 Å². The molecular formula is C17H22N2O4. The van der Waals surface area contributed by atoms with Crippen LogP contribution in [0.1, 0.15) is 33.8 Å². The van der Waals surface area contributed by atoms with Gasteiger partial charge in [-0.15, -0.1) is 0 Å². The molecule has 0 fully saturated rings. The molecule has 0 radical (unpaired) electrons. The van der Waals surface area contributed by atoms with Gasteiger partial charge in [-0.2, -0.15) is 0 Å². The van der Waals surface area contributed by atoms with Crippen molar-refractivity contribution in [3.05, 3.63) is 46.8 Å². The van der Waals surface area contributed by atoms with Crippen LogP contribution in [0.3, 0.4) is 0 Å². The summed E-state index contributed by atoms with van der Waals surface area (Å²) in [7, 11) is 1.64. The lowest BCUT2D eigenvalue weighted by atomic mass is 10.2. The molecule has 1 N–H and O–H groups in total. The van der Waals surface area contributed by atoms with E-state index in [4.69, 9.17) is 14.0 Å². The predicted molar refractivity (Wildman–Crippen MR) is 85.6 cm³/mol. The van der Waals surface area contributed by atoms with Crippen LogP contribution in [0.25, 0.3) is 0 Å². The van der Waals surface area contributed by atoms with Crippen LogP contribution in [0.4, 0.5) is 0 Å². The Morgan fingerprint density at radius 1 is 1.35 bits per heavy atom. The first-order valence-electron chi connectivity index (χ1n) is 7.53. The van der Waals surface area contributed by atoms with E-state index in [0.29, 0.717) is 31.1 Å². The molecule has 0 bridgehead atoms. The Bertz CT molecular complexity index is 632. The number of aryl methyl sites for hydroxylation is 2. The van der Waals surface area contributed by atoms with Gasteiger partial charge in [0, 0.05) is 25.8 Å². The van der Waals surface area contributed by atoms with Gasteiger partial charge in [0.2, 0.25) is 0 Å². The monoisotopic (exact) mass is 318 g/mol. The van der Waals surface area contributed by atoms with Crippen LogP contribution in [-0.4, -0.2) is 31.3 Å². The minimum atomic E-state index is -0.121. The highest BCUT2D eigenvalue weighted by atomic mass is 16.5. The summed E-state index contributed by atoms with van der Waals surface area (Å²) in [5, 5.41) is 6.74. The van der Waals surface area contributed by atoms with Gasteiger partial charge in [0.05, 0.1) is 11.3 Å². The summed E-state index contributed by atoms with van der Waals surface area (Å²) in [5.74, 6) is 1.26. The number of nitrogens with one attached hydrogen (secondary N) is 1. The first-order valence-corrected chi connectivity index (χ1v) is 7.53. The Labute approximate surface area is 135 Å². The third-order valence-corrected chi connectivity index (χ3v) is 3.47. The van der Waals surface area contributed by atoms with Gasteiger partial charge in [-0.1, -0.05) is 11.2 Å². The van der Waals surface area contributed by atoms with E-state index in [9.17, 15) is 4.79 Å². The molecule has 1 amide bonds. The molecule has 0 unspecified atom stereocenters. The van der Waals surface area contributed by atoms with Gasteiger partial charge in [-0.3, -0.25) is 4.79 Å². The molecule has 0 aliphatic heterocycles. The minimum Gasteiger partial charge on any atom is -0.489 e. The number of hydrogen-bond acceptors (Lipinski definition) is 5. The van der Waals surface area contributed by atoms with Crippen LogP contribution in [0, 0.1) is 13.8 Å². The zero-order chi connectivity index (χ0) is 16.7. The lowest BCUT2D eigenvalue weighted by molar-refractivity contribution is 0.0948. The number of hydrogen-bond donors (Lipinski definition) is 1. The Kier molecular flexibility index (Phi) is 6.17. The third kappa shape index (κ3) is 4.82. The van der Waals surface area contributed by atoms with E-state index in [2.05, 4.69) is 10.5 Å². The number of benzene rings is 1. The number of nitrogens with zero attached hydrogens (tertiary/aromatic N) is 1. The molecule has 0 spiro atoms. The van der Waals surface area contributed by atoms with E-state index in [-0.39, 0.29) is 5.91 Å². The summed E-state index contributed by atoms with van der Waals surface area (Å²) < 4.78 is 15.8. The average molecular weight is 318 g/mol. The van der Waals surface area contributed by atoms with Gasteiger partial charge in [-0.25, -0.2) is 0 Å². The van der Waals surface area contributed by atoms with Gasteiger partial charge in [0.1, 0.15) is 18.1 Å². The maximum absolute atomic E-state index is 12.1. The van der Waals surface area contributed by atoms with Crippen LogP contribution < -0.4 is 10.1 Å². The van der Waals surface area contributed by atoms with Crippen molar-refractivity contribution >= 4 is 5.91 Å². The number of aromatic nitrogens is 1. The molecule has 0 atom stereocenters. The van der Waals surface area contributed by atoms with Crippen LogP contribution in [0.5, 0.6) is 5.75 Å². The fraction of sp³-hybridized carbons (Fsp3) is 0.412. The van der Waals surface area contributed by atoms with Gasteiger partial charge < -0.3 is 19.3 Å². The van der Waals surface area contributed by atoms with Crippen LogP contribution in [-0.2, 0) is 11.3 Å². The molecule has 6 heteroatoms. The fourth-order valence-corrected chi connectivity index (χ4v) is 2.11. The second-order valence-electron chi connectivity index (χ2n) is 5.22. The minimum absolute atomic E-state index is 0.121. The first kappa shape index (κ1) is 17.0. The first-order chi connectivity index (χ1) is 11.1. The SMILES string of the molecule is COCCCNC(=O)c1cccc(OCc2c(C)noc2C)c1. The second-order valence-corrected chi connectivity index (χ2v) is 5.22. The van der Waals surface area contributed by atoms with Crippen LogP contribution >= 0.6 is 0 Å². The molecular weight excluding hydrogens is 296 g/mol. The lowest BCUT2D eigenvalue weighted by Crippen LogP contribution is -2.25. The molecule has 1 aromatic carbocycles. The number of carbonyl (C=O) groups excluding carboxylic acids is 1. The molecule has 2 rings (SSSR count). The maximum Gasteiger partial charge on any atom is 0.251 e. The topological polar surface area (TPSA) is 73.6 Å². The molecule has 23 heavy (non-hydrogen) atoms. The number of methoxy groups -OCH3 is 1. The maximum atomic E-state index is 12.1. The van der Waals surface area contributed by atoms with Crippen molar-refractivity contribution in [3.8, 4) is 5.75 Å². The zero-order valence-corrected chi connectivity index (χ0v) is 13.7. The van der Waals surface area contributed by atoms with E-state index in [1.165, 1.54) is 0 Å². The van der Waals surface area contributed by atoms with Crippen molar-refractivity contribution in [1.82, 2.24) is 10.5 Å². The van der Waals surface area contributed by atoms with E-state index < -0.39 is 0 Å². The molecule has 1 aromatic heterocycles. The molecule has 0 saturated heterocycles. The summed E-state index contributed by atoms with van der Waals surface area (Å²) >= 11 is 0. The number of carbonyl (C=O) groups is 1. The molecule has 0 aliphatic rings. The Hall–Kier alpha value is -2.34. The lowest BCUT2D eigenvalue weighted by Gasteiger charge is -2.08. The van der Waals surface area contributed by atoms with Gasteiger partial charge in [0.25, 0.3) is 5.91 Å². The Balaban J connectivity index is 1.93. The second kappa shape index (κ2) is 8.33. The van der Waals surface area contributed by atoms with Gasteiger partial charge in [-0.05, 0) is 38.5 Å². The van der Waals surface area contributed by atoms with Crippen LogP contribution in [0.15, 0.2) is 28.8 Å². The highest BCUT2D eigenvalue weighted by molar-refractivity contribution is 5.94. The summed E-state index contributed by atoms with van der Waals surface area (Å²) in [5.41, 5.74) is 2.31. The van der Waals surface area contributed by atoms with E-state index in [1.54, 1.807) is 25.3 Å². The Morgan fingerprint density at radius 2 is 2.17 bits per heavy atom. The van der Waals surface area contributed by atoms with Gasteiger partial charge in [0.15, 0.2) is 0 Å². The zero-order valence-electron chi connectivity index (χ0n) is 13.7. The number of rotatable bonds is 8. The van der Waals surface area contributed by atoms with Crippen molar-refractivity contribution in [2.45, 2.75) is 26.9 Å². The van der Waals surface area contributed by atoms with Crippen molar-refractivity contribution in [2.24, 2.45) is 0 Å². The summed E-state index contributed by atoms with van der Waals surface area (Å²) in [4.78, 5) is 12.1. The largest absolute Gasteiger partial charge is 0.489 e. The normalized spacial score (nSPS) is 10.6. The third-order valence-electron chi connectivity index (χ3n) is 3.47. The standard InChI is InChI=1S/C17H22N2O4/c1-12-16(13(2)23-19-12)11-22-15-7-4-6-14(10-15)17(20)18-8-5-9-21-3/h4,6-7,10H,5,8-9,11H2,1-3H3,(H,18,20). The number of amides is 1. The van der Waals surface area contributed by atoms with Crippen molar-refractivity contribution in [3.63, 3.8) is 0 Å². The van der Waals surface area contributed by atoms with Crippen molar-refractivity contribution < 1.29 is 18.8 Å². The predicted octanol–water partition coefficient (Wildman–Crippen LogP) is 2.64.